The third-order valence-corrected chi connectivity index (χ3v) is 7.19. The van der Waals surface area contributed by atoms with Gasteiger partial charge in [-0.05, 0) is 66.4 Å². The van der Waals surface area contributed by atoms with E-state index in [2.05, 4.69) is 49.6 Å². The highest BCUT2D eigenvalue weighted by Gasteiger charge is 2.37. The summed E-state index contributed by atoms with van der Waals surface area (Å²) in [5.74, 6) is -0.653. The van der Waals surface area contributed by atoms with Crippen LogP contribution in [-0.4, -0.2) is 64.3 Å². The maximum absolute atomic E-state index is 13.0. The largest absolute Gasteiger partial charge is 0.378 e. The summed E-state index contributed by atoms with van der Waals surface area (Å²) < 4.78 is 7.41. The number of aromatic nitrogens is 1. The molecule has 7 nitrogen and oxygen atoms in total. The molecule has 2 aliphatic heterocycles. The predicted octanol–water partition coefficient (Wildman–Crippen LogP) is 4.29. The average Bonchev–Trinajstić information content (AvgIpc) is 3.23. The van der Waals surface area contributed by atoms with Crippen molar-refractivity contribution in [3.8, 4) is 5.69 Å². The number of carbonyl (C=O) groups excluding carboxylic acids is 3. The van der Waals surface area contributed by atoms with Crippen molar-refractivity contribution in [2.45, 2.75) is 40.0 Å². The van der Waals surface area contributed by atoms with Gasteiger partial charge in [0.05, 0.1) is 18.1 Å². The summed E-state index contributed by atoms with van der Waals surface area (Å²) in [5, 5.41) is -0.413. The van der Waals surface area contributed by atoms with E-state index in [9.17, 15) is 14.4 Å². The van der Waals surface area contributed by atoms with Gasteiger partial charge in [-0.1, -0.05) is 32.9 Å². The van der Waals surface area contributed by atoms with Crippen molar-refractivity contribution in [1.82, 2.24) is 14.4 Å². The highest BCUT2D eigenvalue weighted by molar-refractivity contribution is 8.18. The van der Waals surface area contributed by atoms with Crippen LogP contribution in [0.3, 0.4) is 0 Å². The monoisotopic (exact) mass is 481 g/mol. The zero-order valence-electron chi connectivity index (χ0n) is 20.4. The van der Waals surface area contributed by atoms with Crippen molar-refractivity contribution in [1.29, 1.82) is 0 Å². The van der Waals surface area contributed by atoms with Crippen LogP contribution in [0, 0.1) is 13.8 Å². The number of benzene rings is 1. The number of hydrogen-bond donors (Lipinski definition) is 0. The first-order valence-corrected chi connectivity index (χ1v) is 12.3. The summed E-state index contributed by atoms with van der Waals surface area (Å²) in [4.78, 5) is 41.0. The molecule has 1 aromatic carbocycles. The molecule has 0 bridgehead atoms. The van der Waals surface area contributed by atoms with Crippen LogP contribution in [0.4, 0.5) is 4.79 Å². The Hall–Kier alpha value is -2.84. The van der Waals surface area contributed by atoms with Crippen molar-refractivity contribution in [3.05, 3.63) is 57.8 Å². The molecule has 0 aliphatic carbocycles. The number of aryl methyl sites for hydroxylation is 1. The van der Waals surface area contributed by atoms with E-state index in [1.165, 1.54) is 5.56 Å². The van der Waals surface area contributed by atoms with Crippen LogP contribution in [0.25, 0.3) is 11.8 Å². The van der Waals surface area contributed by atoms with Gasteiger partial charge in [0.25, 0.3) is 11.1 Å². The van der Waals surface area contributed by atoms with E-state index < -0.39 is 11.1 Å². The van der Waals surface area contributed by atoms with Crippen LogP contribution in [0.5, 0.6) is 0 Å². The summed E-state index contributed by atoms with van der Waals surface area (Å²) >= 11 is 0.883. The van der Waals surface area contributed by atoms with Crippen LogP contribution in [0.15, 0.2) is 35.2 Å². The fourth-order valence-corrected chi connectivity index (χ4v) is 5.10. The molecule has 3 heterocycles. The lowest BCUT2D eigenvalue weighted by atomic mass is 9.87. The number of hydrogen-bond acceptors (Lipinski definition) is 5. The molecular weight excluding hydrogens is 450 g/mol. The smallest absolute Gasteiger partial charge is 0.294 e. The Morgan fingerprint density at radius 3 is 2.35 bits per heavy atom. The SMILES string of the molecule is Cc1cc(/C=C2/SC(=O)N(CC(=O)N3CCOCC3)C2=O)c(C)n1-c1ccc(C(C)(C)C)cc1. The summed E-state index contributed by atoms with van der Waals surface area (Å²) in [7, 11) is 0. The van der Waals surface area contributed by atoms with Gasteiger partial charge in [0, 0.05) is 30.2 Å². The van der Waals surface area contributed by atoms with Crippen LogP contribution < -0.4 is 0 Å². The van der Waals surface area contributed by atoms with Crippen molar-refractivity contribution >= 4 is 34.9 Å². The van der Waals surface area contributed by atoms with Gasteiger partial charge in [0.1, 0.15) is 6.54 Å². The normalized spacial score (nSPS) is 18.3. The number of morpholine rings is 1. The Labute approximate surface area is 204 Å². The minimum atomic E-state index is -0.420. The quantitative estimate of drug-likeness (QED) is 0.610. The summed E-state index contributed by atoms with van der Waals surface area (Å²) in [6.45, 7) is 12.3. The van der Waals surface area contributed by atoms with Gasteiger partial charge in [0.2, 0.25) is 5.91 Å². The first-order chi connectivity index (χ1) is 16.1. The molecule has 2 aromatic rings. The Bertz CT molecular complexity index is 1150. The number of amides is 3. The van der Waals surface area contributed by atoms with Gasteiger partial charge in [-0.25, -0.2) is 0 Å². The fraction of sp³-hybridized carbons (Fsp3) is 0.423. The number of ether oxygens (including phenoxy) is 1. The lowest BCUT2D eigenvalue weighted by Crippen LogP contribution is -2.46. The Morgan fingerprint density at radius 1 is 1.09 bits per heavy atom. The maximum atomic E-state index is 13.0. The fourth-order valence-electron chi connectivity index (χ4n) is 4.27. The van der Waals surface area contributed by atoms with Gasteiger partial charge in [-0.15, -0.1) is 0 Å². The van der Waals surface area contributed by atoms with Crippen molar-refractivity contribution < 1.29 is 19.1 Å². The minimum Gasteiger partial charge on any atom is -0.378 e. The van der Waals surface area contributed by atoms with Crippen LogP contribution in [0.1, 0.15) is 43.3 Å². The van der Waals surface area contributed by atoms with Crippen molar-refractivity contribution in [3.63, 3.8) is 0 Å². The van der Waals surface area contributed by atoms with Crippen LogP contribution >= 0.6 is 11.8 Å². The molecule has 2 fully saturated rings. The van der Waals surface area contributed by atoms with Crippen molar-refractivity contribution in [2.75, 3.05) is 32.8 Å². The molecule has 2 aliphatic rings. The molecule has 1 aromatic heterocycles. The molecule has 0 unspecified atom stereocenters. The topological polar surface area (TPSA) is 71.9 Å². The molecule has 0 saturated carbocycles. The third kappa shape index (κ3) is 4.83. The second-order valence-electron chi connectivity index (χ2n) is 9.72. The predicted molar refractivity (Wildman–Crippen MR) is 134 cm³/mol. The zero-order valence-corrected chi connectivity index (χ0v) is 21.2. The molecule has 8 heteroatoms. The van der Waals surface area contributed by atoms with E-state index >= 15 is 0 Å². The number of nitrogens with zero attached hydrogens (tertiary/aromatic N) is 3. The lowest BCUT2D eigenvalue weighted by molar-refractivity contribution is -0.139. The van der Waals surface area contributed by atoms with Gasteiger partial charge >= 0.3 is 0 Å². The molecule has 0 N–H and O–H groups in total. The average molecular weight is 482 g/mol. The van der Waals surface area contributed by atoms with E-state index in [-0.39, 0.29) is 17.9 Å². The number of imide groups is 1. The van der Waals surface area contributed by atoms with E-state index in [1.54, 1.807) is 11.0 Å². The zero-order chi connectivity index (χ0) is 24.6. The van der Waals surface area contributed by atoms with E-state index in [0.29, 0.717) is 31.2 Å². The van der Waals surface area contributed by atoms with Gasteiger partial charge in [-0.2, -0.15) is 0 Å². The molecule has 0 atom stereocenters. The Kier molecular flexibility index (Phi) is 6.73. The summed E-state index contributed by atoms with van der Waals surface area (Å²) in [6.07, 6.45) is 1.76. The molecule has 2 saturated heterocycles. The van der Waals surface area contributed by atoms with Crippen LogP contribution in [-0.2, 0) is 19.7 Å². The molecule has 4 rings (SSSR count). The Balaban J connectivity index is 1.55. The Morgan fingerprint density at radius 2 is 1.74 bits per heavy atom. The standard InChI is InChI=1S/C26H31N3O4S/c1-17-14-19(18(2)29(17)21-8-6-20(7-9-21)26(3,4)5)15-22-24(31)28(25(32)34-22)16-23(30)27-10-12-33-13-11-27/h6-9,14-15H,10-13,16H2,1-5H3/b22-15+. The second kappa shape index (κ2) is 9.43. The van der Waals surface area contributed by atoms with Gasteiger partial charge in [0.15, 0.2) is 0 Å². The molecule has 180 valence electrons. The molecule has 3 amide bonds. The minimum absolute atomic E-state index is 0.0799. The summed E-state index contributed by atoms with van der Waals surface area (Å²) in [6, 6.07) is 10.5. The lowest BCUT2D eigenvalue weighted by Gasteiger charge is -2.28. The molecule has 0 spiro atoms. The third-order valence-electron chi connectivity index (χ3n) is 6.28. The first kappa shape index (κ1) is 24.3. The second-order valence-corrected chi connectivity index (χ2v) is 10.7. The van der Waals surface area contributed by atoms with E-state index in [4.69, 9.17) is 4.74 Å². The molecular formula is C26H31N3O4S. The van der Waals surface area contributed by atoms with Crippen molar-refractivity contribution in [2.24, 2.45) is 0 Å². The molecule has 0 radical (unpaired) electrons. The van der Waals surface area contributed by atoms with E-state index in [1.807, 2.05) is 19.9 Å². The van der Waals surface area contributed by atoms with Crippen LogP contribution in [0.2, 0.25) is 0 Å². The van der Waals surface area contributed by atoms with E-state index in [0.717, 1.165) is 39.3 Å². The number of rotatable bonds is 4. The molecule has 34 heavy (non-hydrogen) atoms. The highest BCUT2D eigenvalue weighted by Crippen LogP contribution is 2.34. The maximum Gasteiger partial charge on any atom is 0.294 e. The number of thioether (sulfide) groups is 1. The number of carbonyl (C=O) groups is 3. The van der Waals surface area contributed by atoms with Gasteiger partial charge < -0.3 is 14.2 Å². The highest BCUT2D eigenvalue weighted by atomic mass is 32.2. The van der Waals surface area contributed by atoms with Gasteiger partial charge in [-0.3, -0.25) is 19.3 Å². The first-order valence-electron chi connectivity index (χ1n) is 11.5. The summed E-state index contributed by atoms with van der Waals surface area (Å²) in [5.41, 5.74) is 5.29.